The van der Waals surface area contributed by atoms with Crippen molar-refractivity contribution in [2.24, 2.45) is 0 Å². The van der Waals surface area contributed by atoms with Gasteiger partial charge in [-0.25, -0.2) is 0 Å². The second-order valence-electron chi connectivity index (χ2n) is 2.24. The van der Waals surface area contributed by atoms with Crippen LogP contribution in [0.4, 0.5) is 0 Å². The summed E-state index contributed by atoms with van der Waals surface area (Å²) in [6.07, 6.45) is -0.172. The van der Waals surface area contributed by atoms with Crippen molar-refractivity contribution < 1.29 is 19.3 Å². The highest BCUT2D eigenvalue weighted by Crippen LogP contribution is 2.23. The zero-order chi connectivity index (χ0) is 6.97. The second kappa shape index (κ2) is 2.14. The molecule has 10 heavy (non-hydrogen) atoms. The van der Waals surface area contributed by atoms with Crippen LogP contribution in [0.3, 0.4) is 0 Å². The molecule has 0 aromatic heterocycles. The first-order chi connectivity index (χ1) is 4.88. The van der Waals surface area contributed by atoms with Gasteiger partial charge in [-0.2, -0.15) is 0 Å². The van der Waals surface area contributed by atoms with Crippen LogP contribution in [0.15, 0.2) is 11.5 Å². The molecule has 2 heterocycles. The fourth-order valence-electron chi connectivity index (χ4n) is 1.07. The molecule has 1 atom stereocenters. The molecule has 1 unspecified atom stereocenters. The van der Waals surface area contributed by atoms with Crippen LogP contribution < -0.4 is 0 Å². The van der Waals surface area contributed by atoms with Gasteiger partial charge in [0.15, 0.2) is 18.3 Å². The molecule has 0 saturated carbocycles. The first-order valence-corrected chi connectivity index (χ1v) is 3.12. The summed E-state index contributed by atoms with van der Waals surface area (Å²) < 4.78 is 15.0. The third-order valence-corrected chi connectivity index (χ3v) is 1.57. The molecule has 2 rings (SSSR count). The summed E-state index contributed by atoms with van der Waals surface area (Å²) in [6, 6.07) is 0. The van der Waals surface area contributed by atoms with E-state index in [0.29, 0.717) is 12.4 Å². The van der Waals surface area contributed by atoms with Crippen LogP contribution in [0.1, 0.15) is 0 Å². The molecule has 0 spiro atoms. The van der Waals surface area contributed by atoms with Gasteiger partial charge in [0.25, 0.3) is 0 Å². The first-order valence-electron chi connectivity index (χ1n) is 3.12. The minimum absolute atomic E-state index is 0.161. The van der Waals surface area contributed by atoms with Crippen molar-refractivity contribution in [2.75, 3.05) is 20.0 Å². The Bertz CT molecular complexity index is 175. The summed E-state index contributed by atoms with van der Waals surface area (Å²) in [4.78, 5) is 0. The first kappa shape index (κ1) is 6.00. The molecule has 1 saturated heterocycles. The fraction of sp³-hybridized carbons (Fsp3) is 0.667. The summed E-state index contributed by atoms with van der Waals surface area (Å²) in [7, 11) is 0. The molecule has 0 radical (unpaired) electrons. The van der Waals surface area contributed by atoms with Gasteiger partial charge in [0.05, 0.1) is 6.61 Å². The van der Waals surface area contributed by atoms with Crippen LogP contribution in [0.2, 0.25) is 0 Å². The van der Waals surface area contributed by atoms with Crippen LogP contribution >= 0.6 is 0 Å². The number of rotatable bonds is 0. The Morgan fingerprint density at radius 1 is 1.50 bits per heavy atom. The largest absolute Gasteiger partial charge is 0.506 e. The van der Waals surface area contributed by atoms with E-state index in [9.17, 15) is 0 Å². The van der Waals surface area contributed by atoms with Crippen molar-refractivity contribution >= 4 is 0 Å². The van der Waals surface area contributed by atoms with Gasteiger partial charge < -0.3 is 19.3 Å². The van der Waals surface area contributed by atoms with E-state index in [1.54, 1.807) is 0 Å². The van der Waals surface area contributed by atoms with E-state index in [-0.39, 0.29) is 25.3 Å². The monoisotopic (exact) mass is 144 g/mol. The second-order valence-corrected chi connectivity index (χ2v) is 2.24. The normalized spacial score (nSPS) is 31.8. The van der Waals surface area contributed by atoms with Crippen molar-refractivity contribution in [3.8, 4) is 0 Å². The van der Waals surface area contributed by atoms with Crippen molar-refractivity contribution in [1.29, 1.82) is 0 Å². The Kier molecular flexibility index (Phi) is 1.28. The zero-order valence-electron chi connectivity index (χ0n) is 5.37. The average molecular weight is 144 g/mol. The van der Waals surface area contributed by atoms with E-state index in [2.05, 4.69) is 0 Å². The topological polar surface area (TPSA) is 47.9 Å². The average Bonchev–Trinajstić information content (AvgIpc) is 2.36. The molecule has 4 nitrogen and oxygen atoms in total. The Morgan fingerprint density at radius 2 is 2.40 bits per heavy atom. The number of fused-ring (bicyclic) bond motifs is 1. The lowest BCUT2D eigenvalue weighted by Crippen LogP contribution is -2.24. The van der Waals surface area contributed by atoms with Gasteiger partial charge in [0, 0.05) is 0 Å². The van der Waals surface area contributed by atoms with Crippen molar-refractivity contribution in [1.82, 2.24) is 0 Å². The van der Waals surface area contributed by atoms with Crippen LogP contribution in [0, 0.1) is 0 Å². The molecular formula is C6H8O4. The van der Waals surface area contributed by atoms with Crippen LogP contribution in [-0.4, -0.2) is 31.2 Å². The Balaban J connectivity index is 2.25. The van der Waals surface area contributed by atoms with E-state index < -0.39 is 0 Å². The third-order valence-electron chi connectivity index (χ3n) is 1.57. The fourth-order valence-corrected chi connectivity index (χ4v) is 1.07. The number of ether oxygens (including phenoxy) is 3. The number of hydrogen-bond donors (Lipinski definition) is 1. The quantitative estimate of drug-likeness (QED) is 0.526. The summed E-state index contributed by atoms with van der Waals surface area (Å²) in [5, 5.41) is 9.13. The van der Waals surface area contributed by atoms with Crippen molar-refractivity contribution in [3.63, 3.8) is 0 Å². The van der Waals surface area contributed by atoms with Gasteiger partial charge in [-0.15, -0.1) is 0 Å². The van der Waals surface area contributed by atoms with Gasteiger partial charge in [-0.05, 0) is 0 Å². The summed E-state index contributed by atoms with van der Waals surface area (Å²) in [5.41, 5.74) is 0. The van der Waals surface area contributed by atoms with Crippen LogP contribution in [0.25, 0.3) is 0 Å². The molecule has 1 fully saturated rings. The van der Waals surface area contributed by atoms with Gasteiger partial charge in [0.2, 0.25) is 0 Å². The molecule has 0 amide bonds. The van der Waals surface area contributed by atoms with Gasteiger partial charge in [-0.3, -0.25) is 0 Å². The van der Waals surface area contributed by atoms with E-state index in [4.69, 9.17) is 19.3 Å². The molecule has 0 aromatic rings. The molecule has 4 heteroatoms. The maximum absolute atomic E-state index is 9.13. The van der Waals surface area contributed by atoms with E-state index in [1.807, 2.05) is 0 Å². The highest BCUT2D eigenvalue weighted by atomic mass is 16.7. The minimum atomic E-state index is -0.172. The van der Waals surface area contributed by atoms with Crippen molar-refractivity contribution in [3.05, 3.63) is 11.5 Å². The Labute approximate surface area is 58.0 Å². The molecule has 2 aliphatic heterocycles. The van der Waals surface area contributed by atoms with E-state index >= 15 is 0 Å². The minimum Gasteiger partial charge on any atom is -0.506 e. The predicted octanol–water partition coefficient (Wildman–Crippen LogP) is 0.159. The van der Waals surface area contributed by atoms with E-state index in [1.165, 1.54) is 0 Å². The highest BCUT2D eigenvalue weighted by Gasteiger charge is 2.30. The molecule has 2 aliphatic rings. The van der Waals surface area contributed by atoms with Crippen LogP contribution in [0.5, 0.6) is 0 Å². The number of aliphatic hydroxyl groups excluding tert-OH is 1. The summed E-state index contributed by atoms with van der Waals surface area (Å²) in [5.74, 6) is 0.708. The van der Waals surface area contributed by atoms with E-state index in [0.717, 1.165) is 0 Å². The third kappa shape index (κ3) is 0.767. The lowest BCUT2D eigenvalue weighted by Gasteiger charge is -2.16. The molecule has 0 bridgehead atoms. The zero-order valence-corrected chi connectivity index (χ0v) is 5.37. The lowest BCUT2D eigenvalue weighted by atomic mass is 10.2. The molecule has 0 aliphatic carbocycles. The maximum Gasteiger partial charge on any atom is 0.189 e. The van der Waals surface area contributed by atoms with Crippen molar-refractivity contribution in [2.45, 2.75) is 6.10 Å². The summed E-state index contributed by atoms with van der Waals surface area (Å²) >= 11 is 0. The Hall–Kier alpha value is -0.740. The number of aliphatic hydroxyl groups is 1. The van der Waals surface area contributed by atoms with Gasteiger partial charge in [-0.1, -0.05) is 0 Å². The number of hydrogen-bond acceptors (Lipinski definition) is 4. The molecule has 0 aromatic carbocycles. The smallest absolute Gasteiger partial charge is 0.189 e. The molecule has 1 N–H and O–H groups in total. The highest BCUT2D eigenvalue weighted by molar-refractivity contribution is 5.10. The standard InChI is InChI=1S/C6H8O4/c7-4-1-8-2-5-6(4)10-3-9-5/h5,7H,1-3H2. The lowest BCUT2D eigenvalue weighted by molar-refractivity contribution is 0.00294. The predicted molar refractivity (Wildman–Crippen MR) is 31.3 cm³/mol. The molecule has 56 valence electrons. The maximum atomic E-state index is 9.13. The van der Waals surface area contributed by atoms with Crippen LogP contribution in [-0.2, 0) is 14.2 Å². The van der Waals surface area contributed by atoms with Gasteiger partial charge in [0.1, 0.15) is 12.7 Å². The Morgan fingerprint density at radius 3 is 3.20 bits per heavy atom. The SMILES string of the molecule is OC1=C2OCOC2COC1. The van der Waals surface area contributed by atoms with Gasteiger partial charge >= 0.3 is 0 Å². The summed E-state index contributed by atoms with van der Waals surface area (Å²) in [6.45, 7) is 0.960. The molecular weight excluding hydrogens is 136 g/mol.